The minimum atomic E-state index is -0.451. The summed E-state index contributed by atoms with van der Waals surface area (Å²) in [5, 5.41) is 5.51. The lowest BCUT2D eigenvalue weighted by Gasteiger charge is -2.31. The molecular formula is C30H32N6O4. The van der Waals surface area contributed by atoms with Gasteiger partial charge in [0.1, 0.15) is 23.1 Å². The van der Waals surface area contributed by atoms with E-state index in [0.717, 1.165) is 34.4 Å². The SMILES string of the molecule is CCOC(=O)c1cnn2c(N(C)Cc3ccccc3)cc(-c3cn([C@@H]4CCOC[C@@H]4OC)c4ncccc34)nc12. The molecular weight excluding hydrogens is 508 g/mol. The molecule has 0 N–H and O–H groups in total. The van der Waals surface area contributed by atoms with E-state index < -0.39 is 5.97 Å². The lowest BCUT2D eigenvalue weighted by molar-refractivity contribution is -0.0592. The van der Waals surface area contributed by atoms with Crippen molar-refractivity contribution in [3.05, 3.63) is 78.2 Å². The summed E-state index contributed by atoms with van der Waals surface area (Å²) < 4.78 is 20.7. The third-order valence-corrected chi connectivity index (χ3v) is 7.40. The molecule has 0 bridgehead atoms. The van der Waals surface area contributed by atoms with Crippen molar-refractivity contribution in [3.8, 4) is 11.3 Å². The average molecular weight is 541 g/mol. The minimum absolute atomic E-state index is 0.0684. The highest BCUT2D eigenvalue weighted by atomic mass is 16.5. The van der Waals surface area contributed by atoms with E-state index in [9.17, 15) is 4.79 Å². The summed E-state index contributed by atoms with van der Waals surface area (Å²) in [5.74, 6) is 0.345. The van der Waals surface area contributed by atoms with Gasteiger partial charge in [0, 0.05) is 56.7 Å². The van der Waals surface area contributed by atoms with Gasteiger partial charge in [0.05, 0.1) is 31.1 Å². The number of hydrogen-bond donors (Lipinski definition) is 0. The average Bonchev–Trinajstić information content (AvgIpc) is 3.59. The molecule has 0 unspecified atom stereocenters. The van der Waals surface area contributed by atoms with Gasteiger partial charge in [-0.25, -0.2) is 14.8 Å². The number of carbonyl (C=O) groups excluding carboxylic acids is 1. The van der Waals surface area contributed by atoms with Gasteiger partial charge in [0.2, 0.25) is 0 Å². The van der Waals surface area contributed by atoms with Gasteiger partial charge < -0.3 is 23.7 Å². The van der Waals surface area contributed by atoms with Crippen LogP contribution in [0.15, 0.2) is 67.1 Å². The van der Waals surface area contributed by atoms with Crippen LogP contribution in [-0.4, -0.2) is 70.2 Å². The summed E-state index contributed by atoms with van der Waals surface area (Å²) in [6.45, 7) is 3.88. The molecule has 206 valence electrons. The van der Waals surface area contributed by atoms with Crippen molar-refractivity contribution in [3.63, 3.8) is 0 Å². The standard InChI is InChI=1S/C30H32N6O4/c1-4-40-30(37)22-16-32-36-27(34(2)17-20-9-6-5-7-10-20)15-24(33-29(22)36)23-18-35(28-21(23)11-8-13-31-28)25-12-14-39-19-26(25)38-3/h5-11,13,15-16,18,25-26H,4,12,14,17,19H2,1-3H3/t25-,26+/m1/s1. The molecule has 1 fully saturated rings. The van der Waals surface area contributed by atoms with Crippen LogP contribution in [0, 0.1) is 0 Å². The second kappa shape index (κ2) is 11.1. The maximum absolute atomic E-state index is 12.9. The minimum Gasteiger partial charge on any atom is -0.462 e. The van der Waals surface area contributed by atoms with Gasteiger partial charge in [-0.1, -0.05) is 30.3 Å². The maximum Gasteiger partial charge on any atom is 0.343 e. The number of aromatic nitrogens is 5. The van der Waals surface area contributed by atoms with Crippen molar-refractivity contribution in [1.29, 1.82) is 0 Å². The third kappa shape index (κ3) is 4.69. The predicted octanol–water partition coefficient (Wildman–Crippen LogP) is 4.54. The molecule has 1 aromatic carbocycles. The fraction of sp³-hybridized carbons (Fsp3) is 0.333. The Kier molecular flexibility index (Phi) is 7.19. The van der Waals surface area contributed by atoms with Crippen LogP contribution in [0.4, 0.5) is 5.82 Å². The van der Waals surface area contributed by atoms with Crippen molar-refractivity contribution in [2.45, 2.75) is 32.0 Å². The number of carbonyl (C=O) groups is 1. The van der Waals surface area contributed by atoms with Gasteiger partial charge in [0.25, 0.3) is 0 Å². The van der Waals surface area contributed by atoms with E-state index in [0.29, 0.717) is 36.7 Å². The van der Waals surface area contributed by atoms with E-state index in [2.05, 4.69) is 39.0 Å². The van der Waals surface area contributed by atoms with E-state index in [1.54, 1.807) is 24.7 Å². The molecule has 2 atom stereocenters. The molecule has 6 rings (SSSR count). The Morgan fingerprint density at radius 3 is 2.83 bits per heavy atom. The molecule has 1 aliphatic heterocycles. The number of rotatable bonds is 8. The highest BCUT2D eigenvalue weighted by Crippen LogP contribution is 2.36. The summed E-state index contributed by atoms with van der Waals surface area (Å²) in [4.78, 5) is 24.7. The number of ether oxygens (including phenoxy) is 3. The fourth-order valence-corrected chi connectivity index (χ4v) is 5.43. The smallest absolute Gasteiger partial charge is 0.343 e. The normalized spacial score (nSPS) is 17.4. The van der Waals surface area contributed by atoms with Crippen LogP contribution in [0.5, 0.6) is 0 Å². The molecule has 0 spiro atoms. The van der Waals surface area contributed by atoms with Crippen LogP contribution in [-0.2, 0) is 20.8 Å². The van der Waals surface area contributed by atoms with E-state index in [1.165, 1.54) is 6.20 Å². The number of fused-ring (bicyclic) bond motifs is 2. The van der Waals surface area contributed by atoms with Gasteiger partial charge in [-0.3, -0.25) is 0 Å². The highest BCUT2D eigenvalue weighted by Gasteiger charge is 2.30. The molecule has 40 heavy (non-hydrogen) atoms. The Bertz CT molecular complexity index is 1650. The largest absolute Gasteiger partial charge is 0.462 e. The first-order valence-corrected chi connectivity index (χ1v) is 13.5. The van der Waals surface area contributed by atoms with Crippen molar-refractivity contribution in [2.24, 2.45) is 0 Å². The molecule has 1 aliphatic rings. The Morgan fingerprint density at radius 2 is 2.02 bits per heavy atom. The summed E-state index contributed by atoms with van der Waals surface area (Å²) in [5.41, 5.74) is 4.40. The quantitative estimate of drug-likeness (QED) is 0.265. The Labute approximate surface area is 232 Å². The Hall–Kier alpha value is -4.28. The topological polar surface area (TPSA) is 96.0 Å². The Balaban J connectivity index is 1.53. The summed E-state index contributed by atoms with van der Waals surface area (Å²) in [6.07, 6.45) is 6.15. The number of methoxy groups -OCH3 is 1. The van der Waals surface area contributed by atoms with Crippen LogP contribution >= 0.6 is 0 Å². The van der Waals surface area contributed by atoms with Gasteiger partial charge in [-0.15, -0.1) is 0 Å². The van der Waals surface area contributed by atoms with Crippen LogP contribution in [0.3, 0.4) is 0 Å². The first-order valence-electron chi connectivity index (χ1n) is 13.5. The highest BCUT2D eigenvalue weighted by molar-refractivity contribution is 5.98. The van der Waals surface area contributed by atoms with Crippen molar-refractivity contribution in [2.75, 3.05) is 38.9 Å². The lowest BCUT2D eigenvalue weighted by Crippen LogP contribution is -2.35. The number of nitrogens with zero attached hydrogens (tertiary/aromatic N) is 6. The van der Waals surface area contributed by atoms with Crippen molar-refractivity contribution >= 4 is 28.5 Å². The fourth-order valence-electron chi connectivity index (χ4n) is 5.43. The number of esters is 1. The van der Waals surface area contributed by atoms with Gasteiger partial charge in [-0.2, -0.15) is 9.61 Å². The first-order chi connectivity index (χ1) is 19.6. The number of pyridine rings is 1. The first kappa shape index (κ1) is 26.0. The second-order valence-electron chi connectivity index (χ2n) is 9.89. The summed E-state index contributed by atoms with van der Waals surface area (Å²) in [6, 6.07) is 16.3. The van der Waals surface area contributed by atoms with E-state index in [1.807, 2.05) is 37.4 Å². The van der Waals surface area contributed by atoms with E-state index >= 15 is 0 Å². The number of hydrogen-bond acceptors (Lipinski definition) is 8. The van der Waals surface area contributed by atoms with E-state index in [4.69, 9.17) is 24.2 Å². The molecule has 1 saturated heterocycles. The van der Waals surface area contributed by atoms with E-state index in [-0.39, 0.29) is 18.8 Å². The second-order valence-corrected chi connectivity index (χ2v) is 9.89. The molecule has 0 aliphatic carbocycles. The van der Waals surface area contributed by atoms with Crippen molar-refractivity contribution < 1.29 is 19.0 Å². The molecule has 10 nitrogen and oxygen atoms in total. The monoisotopic (exact) mass is 540 g/mol. The molecule has 4 aromatic heterocycles. The zero-order chi connectivity index (χ0) is 27.6. The zero-order valence-corrected chi connectivity index (χ0v) is 22.9. The predicted molar refractivity (Wildman–Crippen MR) is 151 cm³/mol. The zero-order valence-electron chi connectivity index (χ0n) is 22.9. The molecule has 5 aromatic rings. The molecule has 0 radical (unpaired) electrons. The van der Waals surface area contributed by atoms with Crippen LogP contribution in [0.2, 0.25) is 0 Å². The molecule has 0 amide bonds. The van der Waals surface area contributed by atoms with Crippen LogP contribution in [0.1, 0.15) is 35.3 Å². The summed E-state index contributed by atoms with van der Waals surface area (Å²) >= 11 is 0. The van der Waals surface area contributed by atoms with Gasteiger partial charge in [0.15, 0.2) is 5.65 Å². The van der Waals surface area contributed by atoms with Crippen molar-refractivity contribution in [1.82, 2.24) is 24.1 Å². The van der Waals surface area contributed by atoms with Crippen LogP contribution < -0.4 is 4.90 Å². The number of benzene rings is 1. The van der Waals surface area contributed by atoms with Gasteiger partial charge in [-0.05, 0) is 31.0 Å². The molecule has 0 saturated carbocycles. The summed E-state index contributed by atoms with van der Waals surface area (Å²) in [7, 11) is 3.72. The lowest BCUT2D eigenvalue weighted by atomic mass is 10.1. The van der Waals surface area contributed by atoms with Gasteiger partial charge >= 0.3 is 5.97 Å². The molecule has 10 heteroatoms. The number of anilines is 1. The third-order valence-electron chi connectivity index (χ3n) is 7.40. The maximum atomic E-state index is 12.9. The Morgan fingerprint density at radius 1 is 1.18 bits per heavy atom. The van der Waals surface area contributed by atoms with Crippen LogP contribution in [0.25, 0.3) is 27.9 Å². The molecule has 5 heterocycles.